The molecule has 2 bridgehead atoms. The summed E-state index contributed by atoms with van der Waals surface area (Å²) in [4.78, 5) is 16.9. The minimum absolute atomic E-state index is 0.142. The first-order valence-corrected chi connectivity index (χ1v) is 10.9. The van der Waals surface area contributed by atoms with E-state index in [0.29, 0.717) is 24.7 Å². The Kier molecular flexibility index (Phi) is 5.69. The summed E-state index contributed by atoms with van der Waals surface area (Å²) >= 11 is 0. The minimum atomic E-state index is -0.478. The van der Waals surface area contributed by atoms with Gasteiger partial charge in [-0.25, -0.2) is 4.79 Å². The van der Waals surface area contributed by atoms with Crippen molar-refractivity contribution >= 4 is 6.09 Å². The summed E-state index contributed by atoms with van der Waals surface area (Å²) in [5, 5.41) is 10.1. The summed E-state index contributed by atoms with van der Waals surface area (Å²) in [5.74, 6) is 0.809. The number of nitriles is 1. The average Bonchev–Trinajstić information content (AvgIpc) is 3.03. The second-order valence-corrected chi connectivity index (χ2v) is 8.55. The van der Waals surface area contributed by atoms with Crippen LogP contribution in [0.4, 0.5) is 4.79 Å². The Hall–Kier alpha value is -2.26. The molecule has 3 saturated heterocycles. The van der Waals surface area contributed by atoms with Gasteiger partial charge >= 0.3 is 6.09 Å². The maximum Gasteiger partial charge on any atom is 0.410 e. The summed E-state index contributed by atoms with van der Waals surface area (Å²) < 4.78 is 10.8. The molecule has 1 amide bonds. The van der Waals surface area contributed by atoms with Gasteiger partial charge in [-0.15, -0.1) is 0 Å². The second-order valence-electron chi connectivity index (χ2n) is 8.55. The molecule has 0 saturated carbocycles. The largest absolute Gasteiger partial charge is 0.496 e. The summed E-state index contributed by atoms with van der Waals surface area (Å²) in [7, 11) is 1.67. The third kappa shape index (κ3) is 3.57. The number of fused-ring (bicyclic) bond motifs is 2. The lowest BCUT2D eigenvalue weighted by atomic mass is 9.73. The zero-order valence-electron chi connectivity index (χ0n) is 17.5. The van der Waals surface area contributed by atoms with Crippen LogP contribution in [0.5, 0.6) is 5.75 Å². The molecule has 3 fully saturated rings. The lowest BCUT2D eigenvalue weighted by Gasteiger charge is -2.46. The number of carbonyl (C=O) groups is 1. The van der Waals surface area contributed by atoms with Gasteiger partial charge in [0.15, 0.2) is 0 Å². The molecule has 0 aliphatic carbocycles. The van der Waals surface area contributed by atoms with Gasteiger partial charge in [-0.3, -0.25) is 0 Å². The Labute approximate surface area is 173 Å². The molecule has 6 nitrogen and oxygen atoms in total. The first kappa shape index (κ1) is 20.0. The first-order chi connectivity index (χ1) is 14.1. The number of hydrogen-bond donors (Lipinski definition) is 0. The number of amides is 1. The molecule has 3 heterocycles. The van der Waals surface area contributed by atoms with Gasteiger partial charge < -0.3 is 19.3 Å². The van der Waals surface area contributed by atoms with Crippen molar-refractivity contribution in [2.45, 2.75) is 69.0 Å². The Morgan fingerprint density at radius 1 is 1.17 bits per heavy atom. The van der Waals surface area contributed by atoms with Crippen molar-refractivity contribution in [1.29, 1.82) is 5.26 Å². The van der Waals surface area contributed by atoms with Crippen LogP contribution in [0, 0.1) is 11.3 Å². The molecule has 0 spiro atoms. The van der Waals surface area contributed by atoms with E-state index in [0.717, 1.165) is 62.9 Å². The van der Waals surface area contributed by atoms with Crippen molar-refractivity contribution in [3.05, 3.63) is 29.8 Å². The van der Waals surface area contributed by atoms with Crippen molar-refractivity contribution < 1.29 is 14.3 Å². The maximum absolute atomic E-state index is 12.3. The van der Waals surface area contributed by atoms with E-state index >= 15 is 0 Å². The highest BCUT2D eigenvalue weighted by Crippen LogP contribution is 2.43. The zero-order valence-corrected chi connectivity index (χ0v) is 17.5. The molecule has 4 rings (SSSR count). The molecule has 3 aliphatic rings. The van der Waals surface area contributed by atoms with E-state index in [1.165, 1.54) is 0 Å². The summed E-state index contributed by atoms with van der Waals surface area (Å²) in [6.45, 7) is 4.12. The van der Waals surface area contributed by atoms with Crippen LogP contribution in [-0.4, -0.2) is 60.8 Å². The van der Waals surface area contributed by atoms with E-state index in [9.17, 15) is 10.1 Å². The van der Waals surface area contributed by atoms with E-state index in [2.05, 4.69) is 11.0 Å². The van der Waals surface area contributed by atoms with Gasteiger partial charge in [0.1, 0.15) is 5.75 Å². The Bertz CT molecular complexity index is 768. The van der Waals surface area contributed by atoms with Gasteiger partial charge in [0.05, 0.1) is 25.2 Å². The van der Waals surface area contributed by atoms with E-state index < -0.39 is 5.41 Å². The van der Waals surface area contributed by atoms with Crippen LogP contribution >= 0.6 is 0 Å². The fraction of sp³-hybridized carbons (Fsp3) is 0.652. The number of piperidine rings is 2. The van der Waals surface area contributed by atoms with Gasteiger partial charge in [-0.1, -0.05) is 18.2 Å². The molecule has 2 atom stereocenters. The van der Waals surface area contributed by atoms with Crippen molar-refractivity contribution in [1.82, 2.24) is 9.80 Å². The quantitative estimate of drug-likeness (QED) is 0.775. The lowest BCUT2D eigenvalue weighted by molar-refractivity contribution is 0.0307. The molecule has 0 aromatic heterocycles. The van der Waals surface area contributed by atoms with Crippen LogP contribution < -0.4 is 4.74 Å². The first-order valence-electron chi connectivity index (χ1n) is 10.9. The predicted molar refractivity (Wildman–Crippen MR) is 110 cm³/mol. The SMILES string of the molecule is CCOC(=O)N1C2CCC1CC(N1CCC(C#N)(c3ccccc3OC)CC1)C2. The van der Waals surface area contributed by atoms with Gasteiger partial charge in [0.25, 0.3) is 0 Å². The number of ether oxygens (including phenoxy) is 2. The van der Waals surface area contributed by atoms with Crippen LogP contribution in [0.1, 0.15) is 51.0 Å². The number of methoxy groups -OCH3 is 1. The van der Waals surface area contributed by atoms with Crippen molar-refractivity contribution in [3.8, 4) is 11.8 Å². The number of hydrogen-bond acceptors (Lipinski definition) is 5. The second kappa shape index (κ2) is 8.23. The van der Waals surface area contributed by atoms with Gasteiger partial charge in [-0.2, -0.15) is 5.26 Å². The van der Waals surface area contributed by atoms with Crippen LogP contribution in [0.25, 0.3) is 0 Å². The third-order valence-electron chi connectivity index (χ3n) is 7.19. The van der Waals surface area contributed by atoms with Crippen molar-refractivity contribution in [3.63, 3.8) is 0 Å². The highest BCUT2D eigenvalue weighted by atomic mass is 16.6. The minimum Gasteiger partial charge on any atom is -0.496 e. The molecule has 29 heavy (non-hydrogen) atoms. The average molecular weight is 398 g/mol. The van der Waals surface area contributed by atoms with Crippen LogP contribution in [-0.2, 0) is 10.2 Å². The lowest BCUT2D eigenvalue weighted by Crippen LogP contribution is -2.55. The standard InChI is InChI=1S/C23H31N3O3/c1-3-29-22(27)26-17-8-9-18(26)15-19(14-17)25-12-10-23(16-24,11-13-25)20-6-4-5-7-21(20)28-2/h4-7,17-19H,3,8-15H2,1-2H3. The Morgan fingerprint density at radius 2 is 1.83 bits per heavy atom. The van der Waals surface area contributed by atoms with Gasteiger partial charge in [0.2, 0.25) is 0 Å². The molecule has 0 radical (unpaired) electrons. The highest BCUT2D eigenvalue weighted by molar-refractivity contribution is 5.69. The summed E-state index contributed by atoms with van der Waals surface area (Å²) in [6.07, 6.45) is 5.69. The van der Waals surface area contributed by atoms with Gasteiger partial charge in [0, 0.05) is 36.8 Å². The van der Waals surface area contributed by atoms with E-state index in [-0.39, 0.29) is 6.09 Å². The van der Waals surface area contributed by atoms with Crippen LogP contribution in [0.15, 0.2) is 24.3 Å². The molecule has 0 N–H and O–H groups in total. The van der Waals surface area contributed by atoms with E-state index in [1.807, 2.05) is 36.1 Å². The smallest absolute Gasteiger partial charge is 0.410 e. The van der Waals surface area contributed by atoms with Crippen molar-refractivity contribution in [2.75, 3.05) is 26.8 Å². The van der Waals surface area contributed by atoms with Gasteiger partial charge in [-0.05, 0) is 51.5 Å². The van der Waals surface area contributed by atoms with E-state index in [1.54, 1.807) is 7.11 Å². The molecular formula is C23H31N3O3. The number of rotatable bonds is 4. The molecule has 1 aromatic carbocycles. The topological polar surface area (TPSA) is 65.8 Å². The van der Waals surface area contributed by atoms with Crippen LogP contribution in [0.3, 0.4) is 0 Å². The van der Waals surface area contributed by atoms with Crippen molar-refractivity contribution in [2.24, 2.45) is 0 Å². The monoisotopic (exact) mass is 397 g/mol. The maximum atomic E-state index is 12.3. The molecule has 2 unspecified atom stereocenters. The Morgan fingerprint density at radius 3 is 2.41 bits per heavy atom. The Balaban J connectivity index is 1.43. The van der Waals surface area contributed by atoms with Crippen LogP contribution in [0.2, 0.25) is 0 Å². The summed E-state index contributed by atoms with van der Waals surface area (Å²) in [5.41, 5.74) is 0.537. The molecule has 1 aromatic rings. The van der Waals surface area contributed by atoms with E-state index in [4.69, 9.17) is 9.47 Å². The number of likely N-dealkylation sites (tertiary alicyclic amines) is 1. The fourth-order valence-corrected chi connectivity index (χ4v) is 5.69. The third-order valence-corrected chi connectivity index (χ3v) is 7.19. The highest BCUT2D eigenvalue weighted by Gasteiger charge is 2.47. The number of carbonyl (C=O) groups excluding carboxylic acids is 1. The summed E-state index contributed by atoms with van der Waals surface area (Å²) in [6, 6.07) is 11.6. The number of para-hydroxylation sites is 1. The number of benzene rings is 1. The fourth-order valence-electron chi connectivity index (χ4n) is 5.69. The molecule has 156 valence electrons. The molecule has 6 heteroatoms. The normalized spacial score (nSPS) is 28.6. The molecular weight excluding hydrogens is 366 g/mol. The number of nitrogens with zero attached hydrogens (tertiary/aromatic N) is 3. The molecule has 3 aliphatic heterocycles. The predicted octanol–water partition coefficient (Wildman–Crippen LogP) is 3.70. The zero-order chi connectivity index (χ0) is 20.4.